The molecule has 0 saturated carbocycles. The summed E-state index contributed by atoms with van der Waals surface area (Å²) in [5, 5.41) is 3.33. The number of hydrogen-bond acceptors (Lipinski definition) is 2. The molecule has 1 unspecified atom stereocenters. The molecular weight excluding hydrogens is 274 g/mol. The fourth-order valence-electron chi connectivity index (χ4n) is 1.69. The first-order chi connectivity index (χ1) is 8.58. The molecular formula is C15H30ClN3O. The van der Waals surface area contributed by atoms with Crippen molar-refractivity contribution in [1.82, 2.24) is 10.2 Å². The lowest BCUT2D eigenvalue weighted by atomic mass is 10.2. The molecule has 20 heavy (non-hydrogen) atoms. The zero-order valence-electron chi connectivity index (χ0n) is 13.8. The molecule has 4 nitrogen and oxygen atoms in total. The van der Waals surface area contributed by atoms with Gasteiger partial charge < -0.3 is 27.1 Å². The van der Waals surface area contributed by atoms with Crippen LogP contribution in [0.3, 0.4) is 0 Å². The Morgan fingerprint density at radius 2 is 1.80 bits per heavy atom. The van der Waals surface area contributed by atoms with E-state index in [2.05, 4.69) is 39.6 Å². The summed E-state index contributed by atoms with van der Waals surface area (Å²) in [6.45, 7) is 12.5. The molecule has 0 aliphatic rings. The zero-order chi connectivity index (χ0) is 15.2. The van der Waals surface area contributed by atoms with E-state index in [-0.39, 0.29) is 24.5 Å². The van der Waals surface area contributed by atoms with E-state index in [1.807, 2.05) is 6.92 Å². The molecule has 0 aromatic rings. The Labute approximate surface area is 130 Å². The second kappa shape index (κ2) is 9.03. The lowest BCUT2D eigenvalue weighted by molar-refractivity contribution is -0.870. The lowest BCUT2D eigenvalue weighted by Crippen LogP contribution is -3.00. The van der Waals surface area contributed by atoms with Crippen LogP contribution in [0, 0.1) is 0 Å². The van der Waals surface area contributed by atoms with E-state index >= 15 is 0 Å². The molecule has 0 radical (unpaired) electrons. The Bertz CT molecular complexity index is 348. The Balaban J connectivity index is 0. The number of likely N-dealkylation sites (N-methyl/N-ethyl adjacent to an activating group) is 1. The van der Waals surface area contributed by atoms with E-state index < -0.39 is 0 Å². The number of carbonyl (C=O) groups is 1. The van der Waals surface area contributed by atoms with Gasteiger partial charge in [-0.1, -0.05) is 20.1 Å². The topological polar surface area (TPSA) is 32.3 Å². The van der Waals surface area contributed by atoms with Gasteiger partial charge in [-0.15, -0.1) is 0 Å². The molecule has 118 valence electrons. The molecule has 1 amide bonds. The predicted molar refractivity (Wildman–Crippen MR) is 81.5 cm³/mol. The Morgan fingerprint density at radius 1 is 1.30 bits per heavy atom. The first-order valence-corrected chi connectivity index (χ1v) is 6.76. The number of halogens is 1. The molecule has 0 spiro atoms. The van der Waals surface area contributed by atoms with Gasteiger partial charge in [0.1, 0.15) is 6.17 Å². The van der Waals surface area contributed by atoms with Gasteiger partial charge in [-0.25, -0.2) is 0 Å². The zero-order valence-corrected chi connectivity index (χ0v) is 14.5. The van der Waals surface area contributed by atoms with E-state index in [0.29, 0.717) is 5.57 Å². The number of nitrogens with one attached hydrogen (secondary N) is 1. The van der Waals surface area contributed by atoms with Crippen LogP contribution in [-0.4, -0.2) is 56.2 Å². The summed E-state index contributed by atoms with van der Waals surface area (Å²) in [6, 6.07) is 0. The van der Waals surface area contributed by atoms with Crippen molar-refractivity contribution in [3.05, 3.63) is 24.4 Å². The fraction of sp³-hybridized carbons (Fsp3) is 0.667. The van der Waals surface area contributed by atoms with Gasteiger partial charge in [0.15, 0.2) is 0 Å². The van der Waals surface area contributed by atoms with E-state index in [4.69, 9.17) is 0 Å². The SMILES string of the molecule is C=C(CC[N+](C)(C)C)NC(CC)N(C)C(=O)C(=C)C.[Cl-]. The predicted octanol–water partition coefficient (Wildman–Crippen LogP) is -1.04. The largest absolute Gasteiger partial charge is 1.00 e. The van der Waals surface area contributed by atoms with Crippen LogP contribution in [0.1, 0.15) is 26.7 Å². The maximum Gasteiger partial charge on any atom is 0.250 e. The van der Waals surface area contributed by atoms with Crippen molar-refractivity contribution in [2.75, 3.05) is 34.7 Å². The van der Waals surface area contributed by atoms with Crippen LogP contribution >= 0.6 is 0 Å². The molecule has 0 heterocycles. The Hall–Kier alpha value is -1.00. The fourth-order valence-corrected chi connectivity index (χ4v) is 1.69. The van der Waals surface area contributed by atoms with Crippen LogP contribution in [0.2, 0.25) is 0 Å². The second-order valence-electron chi connectivity index (χ2n) is 6.13. The molecule has 0 aliphatic heterocycles. The van der Waals surface area contributed by atoms with Gasteiger partial charge in [0.05, 0.1) is 27.7 Å². The highest BCUT2D eigenvalue weighted by atomic mass is 35.5. The van der Waals surface area contributed by atoms with Gasteiger partial charge in [0.2, 0.25) is 5.91 Å². The van der Waals surface area contributed by atoms with Gasteiger partial charge in [-0.2, -0.15) is 0 Å². The minimum Gasteiger partial charge on any atom is -1.00 e. The van der Waals surface area contributed by atoms with Gasteiger partial charge >= 0.3 is 0 Å². The van der Waals surface area contributed by atoms with Gasteiger partial charge in [-0.3, -0.25) is 4.79 Å². The average Bonchev–Trinajstić information content (AvgIpc) is 2.30. The van der Waals surface area contributed by atoms with Crippen LogP contribution in [0.5, 0.6) is 0 Å². The van der Waals surface area contributed by atoms with Gasteiger partial charge in [0.25, 0.3) is 0 Å². The molecule has 0 aliphatic carbocycles. The lowest BCUT2D eigenvalue weighted by Gasteiger charge is -2.31. The number of rotatable bonds is 8. The molecule has 5 heteroatoms. The molecule has 1 atom stereocenters. The normalized spacial score (nSPS) is 12.1. The maximum absolute atomic E-state index is 11.9. The summed E-state index contributed by atoms with van der Waals surface area (Å²) in [6.07, 6.45) is 1.71. The van der Waals surface area contributed by atoms with E-state index in [1.54, 1.807) is 18.9 Å². The van der Waals surface area contributed by atoms with Crippen molar-refractivity contribution >= 4 is 5.91 Å². The first-order valence-electron chi connectivity index (χ1n) is 6.76. The molecule has 1 N–H and O–H groups in total. The van der Waals surface area contributed by atoms with Crippen LogP contribution in [0.15, 0.2) is 24.4 Å². The Morgan fingerprint density at radius 3 is 2.15 bits per heavy atom. The molecule has 0 fully saturated rings. The molecule has 0 aromatic heterocycles. The number of hydrogen-bond donors (Lipinski definition) is 1. The summed E-state index contributed by atoms with van der Waals surface area (Å²) in [5.74, 6) is -0.0289. The summed E-state index contributed by atoms with van der Waals surface area (Å²) < 4.78 is 0.901. The van der Waals surface area contributed by atoms with Crippen LogP contribution in [-0.2, 0) is 4.79 Å². The van der Waals surface area contributed by atoms with Gasteiger partial charge in [0, 0.05) is 24.7 Å². The van der Waals surface area contributed by atoms with E-state index in [0.717, 1.165) is 29.6 Å². The third-order valence-corrected chi connectivity index (χ3v) is 2.99. The highest BCUT2D eigenvalue weighted by Gasteiger charge is 2.19. The number of amides is 1. The summed E-state index contributed by atoms with van der Waals surface area (Å²) in [7, 11) is 8.26. The molecule has 0 aromatic carbocycles. The smallest absolute Gasteiger partial charge is 0.250 e. The standard InChI is InChI=1S/C15H30N3O.ClH/c1-9-14(17(5)15(19)12(2)3)16-13(4)10-11-18(6,7)8;/h14,16H,2,4,9-11H2,1,3,5-8H3;1H/q+1;/p-1. The summed E-state index contributed by atoms with van der Waals surface area (Å²) in [5.41, 5.74) is 1.53. The molecule has 0 rings (SSSR count). The van der Waals surface area contributed by atoms with Crippen molar-refractivity contribution in [2.45, 2.75) is 32.9 Å². The monoisotopic (exact) mass is 303 g/mol. The van der Waals surface area contributed by atoms with Crippen molar-refractivity contribution in [3.63, 3.8) is 0 Å². The van der Waals surface area contributed by atoms with Crippen molar-refractivity contribution in [1.29, 1.82) is 0 Å². The first kappa shape index (κ1) is 21.3. The number of carbonyl (C=O) groups excluding carboxylic acids is 1. The highest BCUT2D eigenvalue weighted by molar-refractivity contribution is 5.92. The Kier molecular flexibility index (Phi) is 9.62. The third-order valence-electron chi connectivity index (χ3n) is 2.99. The van der Waals surface area contributed by atoms with Crippen molar-refractivity contribution in [3.8, 4) is 0 Å². The average molecular weight is 304 g/mol. The summed E-state index contributed by atoms with van der Waals surface area (Å²) in [4.78, 5) is 13.6. The molecule has 0 saturated heterocycles. The van der Waals surface area contributed by atoms with E-state index in [1.165, 1.54) is 0 Å². The van der Waals surface area contributed by atoms with Gasteiger partial charge in [-0.05, 0) is 13.3 Å². The van der Waals surface area contributed by atoms with Crippen molar-refractivity contribution < 1.29 is 21.7 Å². The summed E-state index contributed by atoms with van der Waals surface area (Å²) >= 11 is 0. The second-order valence-corrected chi connectivity index (χ2v) is 6.13. The van der Waals surface area contributed by atoms with Crippen LogP contribution in [0.4, 0.5) is 0 Å². The van der Waals surface area contributed by atoms with Crippen LogP contribution in [0.25, 0.3) is 0 Å². The minimum atomic E-state index is -0.0289. The van der Waals surface area contributed by atoms with Crippen LogP contribution < -0.4 is 17.7 Å². The molecule has 0 bridgehead atoms. The number of quaternary nitrogens is 1. The quantitative estimate of drug-likeness (QED) is 0.353. The third kappa shape index (κ3) is 8.23. The minimum absolute atomic E-state index is 0. The highest BCUT2D eigenvalue weighted by Crippen LogP contribution is 2.07. The van der Waals surface area contributed by atoms with Crippen molar-refractivity contribution in [2.24, 2.45) is 0 Å². The van der Waals surface area contributed by atoms with E-state index in [9.17, 15) is 4.79 Å². The maximum atomic E-state index is 11.9. The number of nitrogens with zero attached hydrogens (tertiary/aromatic N) is 2.